The Bertz CT molecular complexity index is 357. The number of hydrogen-bond acceptors (Lipinski definition) is 2. The molecule has 0 bridgehead atoms. The van der Waals surface area contributed by atoms with Gasteiger partial charge >= 0.3 is 0 Å². The summed E-state index contributed by atoms with van der Waals surface area (Å²) in [5.74, 6) is -0.146. The Morgan fingerprint density at radius 2 is 2.19 bits per heavy atom. The number of alkyl halides is 1. The summed E-state index contributed by atoms with van der Waals surface area (Å²) in [7, 11) is 0. The van der Waals surface area contributed by atoms with Crippen molar-refractivity contribution in [2.24, 2.45) is 5.92 Å². The second kappa shape index (κ2) is 4.42. The normalized spacial score (nSPS) is 25.0. The molecule has 88 valence electrons. The van der Waals surface area contributed by atoms with E-state index in [-0.39, 0.29) is 11.7 Å². The molecule has 0 radical (unpaired) electrons. The van der Waals surface area contributed by atoms with E-state index < -0.39 is 5.67 Å². The molecule has 0 spiro atoms. The van der Waals surface area contributed by atoms with Crippen molar-refractivity contribution in [2.45, 2.75) is 25.4 Å². The van der Waals surface area contributed by atoms with E-state index in [1.54, 1.807) is 18.2 Å². The molecule has 1 aliphatic rings. The Hall–Kier alpha value is -1.09. The lowest BCUT2D eigenvalue weighted by Crippen LogP contribution is -2.34. The number of halogens is 1. The first-order valence-corrected chi connectivity index (χ1v) is 5.67. The minimum Gasteiger partial charge on any atom is -0.508 e. The third-order valence-electron chi connectivity index (χ3n) is 3.36. The maximum absolute atomic E-state index is 14.7. The fourth-order valence-corrected chi connectivity index (χ4v) is 2.28. The molecular weight excluding hydrogens is 207 g/mol. The number of phenols is 1. The second-order valence-corrected chi connectivity index (χ2v) is 4.51. The maximum Gasteiger partial charge on any atom is 0.141 e. The number of benzene rings is 1. The molecule has 1 aromatic carbocycles. The Morgan fingerprint density at radius 3 is 2.81 bits per heavy atom. The minimum absolute atomic E-state index is 0.0260. The van der Waals surface area contributed by atoms with Crippen molar-refractivity contribution in [3.05, 3.63) is 29.8 Å². The first kappa shape index (κ1) is 11.4. The fraction of sp³-hybridized carbons (Fsp3) is 0.538. The molecule has 0 aliphatic carbocycles. The number of rotatable bonds is 2. The van der Waals surface area contributed by atoms with E-state index in [4.69, 9.17) is 4.74 Å². The Morgan fingerprint density at radius 1 is 1.44 bits per heavy atom. The van der Waals surface area contributed by atoms with Crippen LogP contribution < -0.4 is 0 Å². The van der Waals surface area contributed by atoms with Gasteiger partial charge in [-0.25, -0.2) is 4.39 Å². The molecule has 1 fully saturated rings. The van der Waals surface area contributed by atoms with Crippen LogP contribution in [0.25, 0.3) is 0 Å². The topological polar surface area (TPSA) is 29.5 Å². The van der Waals surface area contributed by atoms with Crippen LogP contribution >= 0.6 is 0 Å². The molecule has 2 unspecified atom stereocenters. The van der Waals surface area contributed by atoms with Gasteiger partial charge in [0, 0.05) is 18.1 Å². The molecule has 1 aliphatic heterocycles. The largest absolute Gasteiger partial charge is 0.508 e. The van der Waals surface area contributed by atoms with Crippen molar-refractivity contribution in [2.75, 3.05) is 13.2 Å². The monoisotopic (exact) mass is 224 g/mol. The van der Waals surface area contributed by atoms with Gasteiger partial charge in [-0.15, -0.1) is 0 Å². The van der Waals surface area contributed by atoms with Crippen LogP contribution in [0, 0.1) is 5.92 Å². The third kappa shape index (κ3) is 2.05. The van der Waals surface area contributed by atoms with Crippen molar-refractivity contribution in [3.63, 3.8) is 0 Å². The lowest BCUT2D eigenvalue weighted by atomic mass is 9.81. The number of para-hydroxylation sites is 1. The minimum atomic E-state index is -1.52. The first-order chi connectivity index (χ1) is 7.62. The maximum atomic E-state index is 14.7. The summed E-state index contributed by atoms with van der Waals surface area (Å²) in [5.41, 5.74) is -1.16. The van der Waals surface area contributed by atoms with Gasteiger partial charge in [0.1, 0.15) is 11.4 Å². The van der Waals surface area contributed by atoms with Crippen molar-refractivity contribution in [1.29, 1.82) is 0 Å². The zero-order chi connectivity index (χ0) is 11.6. The van der Waals surface area contributed by atoms with E-state index in [1.165, 1.54) is 13.0 Å². The molecule has 0 aromatic heterocycles. The number of phenolic OH excluding ortho intramolecular Hbond substituents is 1. The molecule has 2 nitrogen and oxygen atoms in total. The Kier molecular flexibility index (Phi) is 3.15. The summed E-state index contributed by atoms with van der Waals surface area (Å²) in [6, 6.07) is 6.61. The molecule has 0 saturated carbocycles. The molecule has 16 heavy (non-hydrogen) atoms. The van der Waals surface area contributed by atoms with Crippen LogP contribution in [0.15, 0.2) is 24.3 Å². The third-order valence-corrected chi connectivity index (χ3v) is 3.36. The van der Waals surface area contributed by atoms with Crippen LogP contribution in [0.5, 0.6) is 5.75 Å². The van der Waals surface area contributed by atoms with Gasteiger partial charge < -0.3 is 9.84 Å². The van der Waals surface area contributed by atoms with Crippen LogP contribution in [0.4, 0.5) is 4.39 Å². The van der Waals surface area contributed by atoms with E-state index >= 15 is 0 Å². The van der Waals surface area contributed by atoms with E-state index in [0.717, 1.165) is 12.8 Å². The lowest BCUT2D eigenvalue weighted by Gasteiger charge is -2.33. The molecule has 1 heterocycles. The predicted octanol–water partition coefficient (Wildman–Crippen LogP) is 3.00. The van der Waals surface area contributed by atoms with Gasteiger partial charge in [-0.05, 0) is 25.8 Å². The quantitative estimate of drug-likeness (QED) is 0.836. The van der Waals surface area contributed by atoms with E-state index in [9.17, 15) is 9.50 Å². The zero-order valence-corrected chi connectivity index (χ0v) is 9.45. The zero-order valence-electron chi connectivity index (χ0n) is 9.45. The highest BCUT2D eigenvalue weighted by atomic mass is 19.1. The van der Waals surface area contributed by atoms with Crippen molar-refractivity contribution < 1.29 is 14.2 Å². The van der Waals surface area contributed by atoms with E-state index in [1.807, 2.05) is 0 Å². The molecule has 0 amide bonds. The van der Waals surface area contributed by atoms with Gasteiger partial charge in [0.2, 0.25) is 0 Å². The summed E-state index contributed by atoms with van der Waals surface area (Å²) in [6.07, 6.45) is 1.69. The van der Waals surface area contributed by atoms with Gasteiger partial charge in [-0.3, -0.25) is 0 Å². The molecule has 3 heteroatoms. The highest BCUT2D eigenvalue weighted by molar-refractivity contribution is 5.37. The molecular formula is C13H17FO2. The molecule has 2 rings (SSSR count). The van der Waals surface area contributed by atoms with E-state index in [0.29, 0.717) is 18.8 Å². The summed E-state index contributed by atoms with van der Waals surface area (Å²) in [6.45, 7) is 2.68. The summed E-state index contributed by atoms with van der Waals surface area (Å²) in [5, 5.41) is 9.70. The Labute approximate surface area is 95.1 Å². The second-order valence-electron chi connectivity index (χ2n) is 4.51. The number of aromatic hydroxyl groups is 1. The van der Waals surface area contributed by atoms with Gasteiger partial charge in [-0.2, -0.15) is 0 Å². The first-order valence-electron chi connectivity index (χ1n) is 5.67. The van der Waals surface area contributed by atoms with Gasteiger partial charge in [0.15, 0.2) is 0 Å². The molecule has 1 aromatic rings. The summed E-state index contributed by atoms with van der Waals surface area (Å²) in [4.78, 5) is 0. The van der Waals surface area contributed by atoms with Gasteiger partial charge in [-0.1, -0.05) is 18.2 Å². The highest BCUT2D eigenvalue weighted by Gasteiger charge is 2.38. The standard InChI is InChI=1S/C13H17FO2/c1-13(14,10-5-4-8-16-9-10)11-6-2-3-7-12(11)15/h2-3,6-7,10,15H,4-5,8-9H2,1H3. The summed E-state index contributed by atoms with van der Waals surface area (Å²) < 4.78 is 20.0. The number of ether oxygens (including phenoxy) is 1. The predicted molar refractivity (Wildman–Crippen MR) is 60.1 cm³/mol. The van der Waals surface area contributed by atoms with E-state index in [2.05, 4.69) is 0 Å². The van der Waals surface area contributed by atoms with Crippen LogP contribution in [0.2, 0.25) is 0 Å². The lowest BCUT2D eigenvalue weighted by molar-refractivity contribution is -0.0240. The van der Waals surface area contributed by atoms with Gasteiger partial charge in [0.25, 0.3) is 0 Å². The van der Waals surface area contributed by atoms with Crippen molar-refractivity contribution in [3.8, 4) is 5.75 Å². The fourth-order valence-electron chi connectivity index (χ4n) is 2.28. The highest BCUT2D eigenvalue weighted by Crippen LogP contribution is 2.41. The molecule has 1 N–H and O–H groups in total. The van der Waals surface area contributed by atoms with Crippen molar-refractivity contribution in [1.82, 2.24) is 0 Å². The van der Waals surface area contributed by atoms with Gasteiger partial charge in [0.05, 0.1) is 6.61 Å². The average Bonchev–Trinajstić information content (AvgIpc) is 2.30. The number of hydrogen-bond donors (Lipinski definition) is 1. The van der Waals surface area contributed by atoms with Crippen LogP contribution in [0.3, 0.4) is 0 Å². The average molecular weight is 224 g/mol. The van der Waals surface area contributed by atoms with Crippen molar-refractivity contribution >= 4 is 0 Å². The Balaban J connectivity index is 2.26. The smallest absolute Gasteiger partial charge is 0.141 e. The summed E-state index contributed by atoms with van der Waals surface area (Å²) >= 11 is 0. The van der Waals surface area contributed by atoms with Crippen LogP contribution in [-0.4, -0.2) is 18.3 Å². The SMILES string of the molecule is CC(F)(c1ccccc1O)C1CCCOC1. The molecule has 1 saturated heterocycles. The van der Waals surface area contributed by atoms with Crippen LogP contribution in [0.1, 0.15) is 25.3 Å². The van der Waals surface area contributed by atoms with Crippen LogP contribution in [-0.2, 0) is 10.4 Å². The molecule has 2 atom stereocenters.